The maximum atomic E-state index is 12.4. The molecule has 5 nitrogen and oxygen atoms in total. The second-order valence-corrected chi connectivity index (χ2v) is 7.41. The van der Waals surface area contributed by atoms with E-state index in [1.54, 1.807) is 24.8 Å². The van der Waals surface area contributed by atoms with E-state index in [2.05, 4.69) is 9.84 Å². The molecule has 1 N–H and O–H groups in total. The fourth-order valence-corrected chi connectivity index (χ4v) is 4.38. The number of allylic oxidation sites excluding steroid dienone is 5. The van der Waals surface area contributed by atoms with Gasteiger partial charge in [-0.25, -0.2) is 9.74 Å². The van der Waals surface area contributed by atoms with Crippen molar-refractivity contribution in [2.45, 2.75) is 44.6 Å². The normalized spacial score (nSPS) is 23.9. The van der Waals surface area contributed by atoms with Crippen molar-refractivity contribution in [1.29, 1.82) is 0 Å². The van der Waals surface area contributed by atoms with Gasteiger partial charge in [0.1, 0.15) is 0 Å². The van der Waals surface area contributed by atoms with Gasteiger partial charge in [-0.3, -0.25) is 0 Å². The predicted octanol–water partition coefficient (Wildman–Crippen LogP) is 5.28. The molecule has 3 aliphatic rings. The number of fused-ring (bicyclic) bond motifs is 2. The van der Waals surface area contributed by atoms with Crippen molar-refractivity contribution in [1.82, 2.24) is 4.90 Å². The van der Waals surface area contributed by atoms with E-state index in [-0.39, 0.29) is 5.54 Å². The minimum atomic E-state index is -0.932. The van der Waals surface area contributed by atoms with Gasteiger partial charge < -0.3 is 14.4 Å². The maximum absolute atomic E-state index is 12.4. The van der Waals surface area contributed by atoms with E-state index < -0.39 is 5.97 Å². The van der Waals surface area contributed by atoms with Gasteiger partial charge in [-0.2, -0.15) is 0 Å². The van der Waals surface area contributed by atoms with E-state index in [0.29, 0.717) is 17.6 Å². The first-order chi connectivity index (χ1) is 13.6. The highest BCUT2D eigenvalue weighted by Crippen LogP contribution is 2.53. The zero-order valence-electron chi connectivity index (χ0n) is 15.7. The van der Waals surface area contributed by atoms with Crippen LogP contribution in [-0.4, -0.2) is 21.5 Å². The van der Waals surface area contributed by atoms with Crippen molar-refractivity contribution in [3.8, 4) is 0 Å². The summed E-state index contributed by atoms with van der Waals surface area (Å²) >= 11 is 0. The summed E-state index contributed by atoms with van der Waals surface area (Å²) in [6, 6.07) is 1.81. The third-order valence-electron chi connectivity index (χ3n) is 5.94. The maximum Gasteiger partial charge on any atom is 0.377 e. The van der Waals surface area contributed by atoms with Crippen LogP contribution in [0.4, 0.5) is 4.53 Å². The summed E-state index contributed by atoms with van der Waals surface area (Å²) in [7, 11) is 0. The lowest BCUT2D eigenvalue weighted by Crippen LogP contribution is -2.54. The van der Waals surface area contributed by atoms with Crippen molar-refractivity contribution in [2.75, 3.05) is 0 Å². The summed E-state index contributed by atoms with van der Waals surface area (Å²) in [5, 5.41) is 9.75. The first-order valence-electron chi connectivity index (χ1n) is 9.39. The Morgan fingerprint density at radius 1 is 1.43 bits per heavy atom. The van der Waals surface area contributed by atoms with E-state index >= 15 is 0 Å². The van der Waals surface area contributed by atoms with E-state index in [4.69, 9.17) is 4.42 Å². The molecule has 1 aliphatic carbocycles. The topological polar surface area (TPSA) is 62.9 Å². The second kappa shape index (κ2) is 7.19. The average molecular weight is 383 g/mol. The second-order valence-electron chi connectivity index (χ2n) is 7.41. The Morgan fingerprint density at radius 2 is 2.25 bits per heavy atom. The van der Waals surface area contributed by atoms with Crippen LogP contribution >= 0.6 is 0 Å². The number of hydrogen-bond donors (Lipinski definition) is 1. The fraction of sp³-hybridized carbons (Fsp3) is 0.318. The Bertz CT molecular complexity index is 930. The molecule has 6 heteroatoms. The minimum Gasteiger partial charge on any atom is -0.515 e. The molecule has 3 heterocycles. The Balaban J connectivity index is 1.75. The molecule has 2 fully saturated rings. The summed E-state index contributed by atoms with van der Waals surface area (Å²) in [5.41, 5.74) is 4.85. The molecule has 1 saturated carbocycles. The SMILES string of the molecule is C/C=C1/C2=CCC(C(=O)OF)=CN2C2(CCC2)C/C1=C/C(=C/O)c1ccoc1. The van der Waals surface area contributed by atoms with E-state index in [1.807, 2.05) is 25.2 Å². The van der Waals surface area contributed by atoms with Crippen LogP contribution in [0.1, 0.15) is 44.6 Å². The molecule has 0 unspecified atom stereocenters. The Morgan fingerprint density at radius 3 is 2.82 bits per heavy atom. The number of halogens is 1. The summed E-state index contributed by atoms with van der Waals surface area (Å²) in [6.45, 7) is 1.97. The van der Waals surface area contributed by atoms with Crippen molar-refractivity contribution >= 4 is 11.5 Å². The van der Waals surface area contributed by atoms with Crippen molar-refractivity contribution in [2.24, 2.45) is 0 Å². The monoisotopic (exact) mass is 383 g/mol. The van der Waals surface area contributed by atoms with Gasteiger partial charge in [0.15, 0.2) is 0 Å². The lowest BCUT2D eigenvalue weighted by Gasteiger charge is -2.56. The number of aliphatic hydroxyl groups is 1. The van der Waals surface area contributed by atoms with Crippen molar-refractivity contribution < 1.29 is 23.8 Å². The molecule has 4 rings (SSSR count). The summed E-state index contributed by atoms with van der Waals surface area (Å²) < 4.78 is 17.6. The summed E-state index contributed by atoms with van der Waals surface area (Å²) in [6.07, 6.45) is 16.1. The van der Waals surface area contributed by atoms with Crippen LogP contribution in [0.15, 0.2) is 76.1 Å². The number of carbonyl (C=O) groups is 1. The number of piperidine rings is 1. The third-order valence-corrected chi connectivity index (χ3v) is 5.94. The number of aliphatic hydroxyl groups excluding tert-OH is 1. The molecule has 146 valence electrons. The van der Waals surface area contributed by atoms with E-state index in [1.165, 1.54) is 0 Å². The largest absolute Gasteiger partial charge is 0.515 e. The Kier molecular flexibility index (Phi) is 4.71. The Hall–Kier alpha value is -3.02. The van der Waals surface area contributed by atoms with Crippen LogP contribution < -0.4 is 0 Å². The van der Waals surface area contributed by atoms with E-state index in [9.17, 15) is 14.4 Å². The molecule has 0 amide bonds. The van der Waals surface area contributed by atoms with Crippen LogP contribution in [0.3, 0.4) is 0 Å². The molecule has 2 aliphatic heterocycles. The lowest BCUT2D eigenvalue weighted by atomic mass is 9.66. The molecule has 28 heavy (non-hydrogen) atoms. The van der Waals surface area contributed by atoms with Gasteiger partial charge in [0.2, 0.25) is 0 Å². The molecule has 0 radical (unpaired) electrons. The first-order valence-corrected chi connectivity index (χ1v) is 9.39. The summed E-state index contributed by atoms with van der Waals surface area (Å²) in [5.74, 6) is -0.932. The molecular formula is C22H22FNO4. The molecule has 1 spiro atoms. The van der Waals surface area contributed by atoms with Crippen molar-refractivity contribution in [3.63, 3.8) is 0 Å². The highest BCUT2D eigenvalue weighted by molar-refractivity contribution is 5.88. The molecule has 0 aromatic carbocycles. The molecule has 1 saturated heterocycles. The standard InChI is InChI=1S/C22H22FNO4/c1-2-19-17(10-18(13-25)16-6-9-27-14-16)11-22(7-3-8-22)24-12-15(21(26)28-23)4-5-20(19)24/h2,5-6,9-10,12-14,25H,3-4,7-8,11H2,1H3/b17-10-,18-13-,19-2+. The molecule has 1 aromatic rings. The first kappa shape index (κ1) is 18.3. The van der Waals surface area contributed by atoms with Gasteiger partial charge in [0.25, 0.3) is 0 Å². The molecule has 0 bridgehead atoms. The van der Waals surface area contributed by atoms with Gasteiger partial charge in [-0.05, 0) is 55.9 Å². The zero-order valence-corrected chi connectivity index (χ0v) is 15.7. The van der Waals surface area contributed by atoms with Crippen LogP contribution in [0.25, 0.3) is 5.57 Å². The number of hydrogen-bond acceptors (Lipinski definition) is 5. The van der Waals surface area contributed by atoms with Crippen molar-refractivity contribution in [3.05, 3.63) is 77.3 Å². The van der Waals surface area contributed by atoms with Crippen LogP contribution in [0.2, 0.25) is 0 Å². The number of furan rings is 1. The number of rotatable bonds is 3. The molecule has 0 atom stereocenters. The smallest absolute Gasteiger partial charge is 0.377 e. The van der Waals surface area contributed by atoms with Gasteiger partial charge in [0.05, 0.1) is 24.4 Å². The molecular weight excluding hydrogens is 361 g/mol. The minimum absolute atomic E-state index is 0.136. The quantitative estimate of drug-likeness (QED) is 0.720. The van der Waals surface area contributed by atoms with Crippen LogP contribution in [0, 0.1) is 0 Å². The number of carbonyl (C=O) groups excluding carboxylic acids is 1. The van der Waals surface area contributed by atoms with Crippen LogP contribution in [-0.2, 0) is 9.74 Å². The highest BCUT2D eigenvalue weighted by Gasteiger charge is 2.48. The molecule has 1 aromatic heterocycles. The van der Waals surface area contributed by atoms with Gasteiger partial charge >= 0.3 is 5.97 Å². The average Bonchev–Trinajstić information content (AvgIpc) is 3.23. The van der Waals surface area contributed by atoms with Gasteiger partial charge in [-0.1, -0.05) is 12.2 Å². The third kappa shape index (κ3) is 2.89. The summed E-state index contributed by atoms with van der Waals surface area (Å²) in [4.78, 5) is 17.3. The zero-order chi connectivity index (χ0) is 19.7. The van der Waals surface area contributed by atoms with Gasteiger partial charge in [0, 0.05) is 39.5 Å². The predicted molar refractivity (Wildman–Crippen MR) is 102 cm³/mol. The number of nitrogens with zero attached hydrogens (tertiary/aromatic N) is 1. The highest BCUT2D eigenvalue weighted by atomic mass is 19.3. The Labute approximate surface area is 162 Å². The fourth-order valence-electron chi connectivity index (χ4n) is 4.38. The van der Waals surface area contributed by atoms with Gasteiger partial charge in [-0.15, -0.1) is 0 Å². The van der Waals surface area contributed by atoms with Crippen LogP contribution in [0.5, 0.6) is 0 Å². The van der Waals surface area contributed by atoms with E-state index in [0.717, 1.165) is 54.4 Å². The lowest BCUT2D eigenvalue weighted by molar-refractivity contribution is -0.178.